The van der Waals surface area contributed by atoms with Crippen LogP contribution in [0.2, 0.25) is 0 Å². The Balaban J connectivity index is 2.46. The Morgan fingerprint density at radius 3 is 3.00 bits per heavy atom. The zero-order chi connectivity index (χ0) is 8.84. The Labute approximate surface area is 75.0 Å². The van der Waals surface area contributed by atoms with Gasteiger partial charge in [0.15, 0.2) is 0 Å². The van der Waals surface area contributed by atoms with Crippen molar-refractivity contribution in [3.63, 3.8) is 0 Å². The van der Waals surface area contributed by atoms with Crippen LogP contribution >= 0.6 is 0 Å². The number of para-hydroxylation sites is 2. The second-order valence-corrected chi connectivity index (χ2v) is 3.25. The highest BCUT2D eigenvalue weighted by Gasteiger charge is 2.22. The lowest BCUT2D eigenvalue weighted by Crippen LogP contribution is -2.02. The second-order valence-electron chi connectivity index (χ2n) is 3.25. The van der Waals surface area contributed by atoms with Crippen molar-refractivity contribution in [1.82, 2.24) is 9.55 Å². The van der Waals surface area contributed by atoms with E-state index in [1.807, 2.05) is 24.3 Å². The van der Waals surface area contributed by atoms with Gasteiger partial charge < -0.3 is 0 Å². The van der Waals surface area contributed by atoms with Gasteiger partial charge in [-0.1, -0.05) is 12.1 Å². The molecular formula is C10H8N2O. The molecule has 2 heterocycles. The Morgan fingerprint density at radius 2 is 2.08 bits per heavy atom. The second kappa shape index (κ2) is 2.19. The minimum atomic E-state index is 0.170. The van der Waals surface area contributed by atoms with E-state index in [0.717, 1.165) is 23.3 Å². The van der Waals surface area contributed by atoms with E-state index >= 15 is 0 Å². The van der Waals surface area contributed by atoms with Crippen molar-refractivity contribution in [2.75, 3.05) is 0 Å². The van der Waals surface area contributed by atoms with Crippen molar-refractivity contribution >= 4 is 16.9 Å². The minimum Gasteiger partial charge on any atom is -0.274 e. The highest BCUT2D eigenvalue weighted by Crippen LogP contribution is 2.21. The standard InChI is InChI=1S/C10H8N2O/c13-10-6-5-9-11-7-3-1-2-4-8(7)12(9)10/h1-4H,5-6H2. The maximum absolute atomic E-state index is 11.5. The van der Waals surface area contributed by atoms with Crippen LogP contribution in [0.15, 0.2) is 24.3 Å². The smallest absolute Gasteiger partial charge is 0.233 e. The van der Waals surface area contributed by atoms with Gasteiger partial charge in [0.1, 0.15) is 5.82 Å². The molecule has 13 heavy (non-hydrogen) atoms. The van der Waals surface area contributed by atoms with Crippen LogP contribution in [0.4, 0.5) is 0 Å². The van der Waals surface area contributed by atoms with Gasteiger partial charge in [0, 0.05) is 12.8 Å². The lowest BCUT2D eigenvalue weighted by Gasteiger charge is -1.94. The van der Waals surface area contributed by atoms with E-state index in [0.29, 0.717) is 6.42 Å². The number of rotatable bonds is 0. The predicted molar refractivity (Wildman–Crippen MR) is 48.7 cm³/mol. The van der Waals surface area contributed by atoms with E-state index in [2.05, 4.69) is 4.98 Å². The van der Waals surface area contributed by atoms with E-state index in [4.69, 9.17) is 0 Å². The van der Waals surface area contributed by atoms with E-state index in [1.165, 1.54) is 0 Å². The van der Waals surface area contributed by atoms with Crippen molar-refractivity contribution in [3.8, 4) is 0 Å². The van der Waals surface area contributed by atoms with Gasteiger partial charge in [-0.05, 0) is 12.1 Å². The molecule has 0 saturated carbocycles. The van der Waals surface area contributed by atoms with Gasteiger partial charge >= 0.3 is 0 Å². The van der Waals surface area contributed by atoms with Gasteiger partial charge in [0.25, 0.3) is 0 Å². The maximum atomic E-state index is 11.5. The third kappa shape index (κ3) is 0.786. The van der Waals surface area contributed by atoms with Crippen molar-refractivity contribution < 1.29 is 4.79 Å². The van der Waals surface area contributed by atoms with Gasteiger partial charge in [-0.15, -0.1) is 0 Å². The van der Waals surface area contributed by atoms with Crippen LogP contribution in [-0.2, 0) is 6.42 Å². The van der Waals surface area contributed by atoms with Crippen LogP contribution in [0.5, 0.6) is 0 Å². The molecule has 0 spiro atoms. The van der Waals surface area contributed by atoms with Gasteiger partial charge in [-0.25, -0.2) is 4.98 Å². The Kier molecular flexibility index (Phi) is 1.15. The molecule has 1 aliphatic rings. The molecule has 3 rings (SSSR count). The molecular weight excluding hydrogens is 164 g/mol. The molecule has 1 aromatic carbocycles. The average molecular weight is 172 g/mol. The van der Waals surface area contributed by atoms with E-state index in [-0.39, 0.29) is 5.91 Å². The van der Waals surface area contributed by atoms with Crippen LogP contribution in [0.25, 0.3) is 11.0 Å². The number of fused-ring (bicyclic) bond motifs is 3. The zero-order valence-corrected chi connectivity index (χ0v) is 7.03. The molecule has 1 aromatic heterocycles. The Morgan fingerprint density at radius 1 is 1.23 bits per heavy atom. The van der Waals surface area contributed by atoms with Gasteiger partial charge in [-0.2, -0.15) is 0 Å². The highest BCUT2D eigenvalue weighted by atomic mass is 16.2. The number of aryl methyl sites for hydroxylation is 1. The molecule has 0 fully saturated rings. The number of hydrogen-bond donors (Lipinski definition) is 0. The topological polar surface area (TPSA) is 34.9 Å². The molecule has 0 saturated heterocycles. The molecule has 0 aliphatic carbocycles. The summed E-state index contributed by atoms with van der Waals surface area (Å²) >= 11 is 0. The fourth-order valence-corrected chi connectivity index (χ4v) is 1.85. The van der Waals surface area contributed by atoms with E-state index < -0.39 is 0 Å². The minimum absolute atomic E-state index is 0.170. The zero-order valence-electron chi connectivity index (χ0n) is 7.03. The monoisotopic (exact) mass is 172 g/mol. The number of aromatic nitrogens is 2. The molecule has 0 radical (unpaired) electrons. The number of benzene rings is 1. The lowest BCUT2D eigenvalue weighted by atomic mass is 10.3. The van der Waals surface area contributed by atoms with Crippen LogP contribution in [0.1, 0.15) is 17.0 Å². The largest absolute Gasteiger partial charge is 0.274 e. The van der Waals surface area contributed by atoms with Crippen molar-refractivity contribution in [3.05, 3.63) is 30.1 Å². The number of carbonyl (C=O) groups excluding carboxylic acids is 1. The van der Waals surface area contributed by atoms with Crippen molar-refractivity contribution in [1.29, 1.82) is 0 Å². The summed E-state index contributed by atoms with van der Waals surface area (Å²) in [5.74, 6) is 1.08. The molecule has 1 aliphatic heterocycles. The average Bonchev–Trinajstić information content (AvgIpc) is 2.66. The van der Waals surface area contributed by atoms with Gasteiger partial charge in [-0.3, -0.25) is 9.36 Å². The molecule has 0 unspecified atom stereocenters. The molecule has 3 nitrogen and oxygen atoms in total. The van der Waals surface area contributed by atoms with Crippen LogP contribution in [0, 0.1) is 0 Å². The Bertz CT molecular complexity index is 499. The number of nitrogens with zero attached hydrogens (tertiary/aromatic N) is 2. The molecule has 0 N–H and O–H groups in total. The van der Waals surface area contributed by atoms with Crippen LogP contribution < -0.4 is 0 Å². The summed E-state index contributed by atoms with van der Waals surface area (Å²) in [7, 11) is 0. The summed E-state index contributed by atoms with van der Waals surface area (Å²) < 4.78 is 1.73. The van der Waals surface area contributed by atoms with E-state index in [1.54, 1.807) is 4.57 Å². The molecule has 64 valence electrons. The summed E-state index contributed by atoms with van der Waals surface area (Å²) in [5.41, 5.74) is 1.87. The number of carbonyl (C=O) groups is 1. The third-order valence-corrected chi connectivity index (χ3v) is 2.44. The first-order valence-corrected chi connectivity index (χ1v) is 4.36. The highest BCUT2D eigenvalue weighted by molar-refractivity contribution is 5.93. The Hall–Kier alpha value is -1.64. The molecule has 0 amide bonds. The first-order valence-electron chi connectivity index (χ1n) is 4.36. The third-order valence-electron chi connectivity index (χ3n) is 2.44. The lowest BCUT2D eigenvalue weighted by molar-refractivity contribution is 0.0928. The number of hydrogen-bond acceptors (Lipinski definition) is 2. The normalized spacial score (nSPS) is 15.2. The summed E-state index contributed by atoms with van der Waals surface area (Å²) in [5, 5.41) is 0. The van der Waals surface area contributed by atoms with Crippen LogP contribution in [-0.4, -0.2) is 15.5 Å². The van der Waals surface area contributed by atoms with E-state index in [9.17, 15) is 4.79 Å². The quantitative estimate of drug-likeness (QED) is 0.605. The first kappa shape index (κ1) is 6.83. The van der Waals surface area contributed by atoms with Crippen molar-refractivity contribution in [2.45, 2.75) is 12.8 Å². The van der Waals surface area contributed by atoms with Crippen LogP contribution in [0.3, 0.4) is 0 Å². The van der Waals surface area contributed by atoms with Gasteiger partial charge in [0.2, 0.25) is 5.91 Å². The predicted octanol–water partition coefficient (Wildman–Crippen LogP) is 1.62. The van der Waals surface area contributed by atoms with Gasteiger partial charge in [0.05, 0.1) is 11.0 Å². The fourth-order valence-electron chi connectivity index (χ4n) is 1.85. The number of imidazole rings is 1. The maximum Gasteiger partial charge on any atom is 0.233 e. The molecule has 0 atom stereocenters. The fraction of sp³-hybridized carbons (Fsp3) is 0.200. The SMILES string of the molecule is O=C1CCc2nc3ccccc3n21. The summed E-state index contributed by atoms with van der Waals surface area (Å²) in [6.07, 6.45) is 1.39. The molecule has 2 aromatic rings. The molecule has 3 heteroatoms. The summed E-state index contributed by atoms with van der Waals surface area (Å²) in [6, 6.07) is 7.75. The summed E-state index contributed by atoms with van der Waals surface area (Å²) in [4.78, 5) is 15.8. The molecule has 0 bridgehead atoms. The van der Waals surface area contributed by atoms with Crippen molar-refractivity contribution in [2.24, 2.45) is 0 Å². The first-order chi connectivity index (χ1) is 6.36. The summed E-state index contributed by atoms with van der Waals surface area (Å²) in [6.45, 7) is 0.